The number of unbranched alkanes of at least 4 members (excludes halogenated alkanes) is 5. The first-order valence-electron chi connectivity index (χ1n) is 8.55. The van der Waals surface area contributed by atoms with E-state index in [4.69, 9.17) is 22.1 Å². The molecule has 0 saturated heterocycles. The number of benzene rings is 1. The largest absolute Gasteiger partial charge is 0.491 e. The SMILES string of the molecule is CCCCCCCCNC(=O)Cc1ccc(OCCN)c(Cl)c1. The Hall–Kier alpha value is -1.26. The highest BCUT2D eigenvalue weighted by molar-refractivity contribution is 6.32. The second kappa shape index (κ2) is 12.2. The number of carbonyl (C=O) groups excluding carboxylic acids is 1. The van der Waals surface area contributed by atoms with E-state index in [0.29, 0.717) is 30.3 Å². The Kier molecular flexibility index (Phi) is 10.5. The van der Waals surface area contributed by atoms with Crippen molar-refractivity contribution in [1.82, 2.24) is 5.32 Å². The third-order valence-electron chi connectivity index (χ3n) is 3.59. The van der Waals surface area contributed by atoms with Crippen LogP contribution < -0.4 is 15.8 Å². The quantitative estimate of drug-likeness (QED) is 0.570. The van der Waals surface area contributed by atoms with Crippen LogP contribution in [0.15, 0.2) is 18.2 Å². The minimum Gasteiger partial charge on any atom is -0.491 e. The molecule has 4 nitrogen and oxygen atoms in total. The molecule has 0 atom stereocenters. The number of amides is 1. The van der Waals surface area contributed by atoms with Gasteiger partial charge in [-0.15, -0.1) is 0 Å². The zero-order valence-electron chi connectivity index (χ0n) is 14.1. The molecule has 0 saturated carbocycles. The summed E-state index contributed by atoms with van der Waals surface area (Å²) in [6, 6.07) is 5.42. The van der Waals surface area contributed by atoms with Crippen molar-refractivity contribution in [3.63, 3.8) is 0 Å². The van der Waals surface area contributed by atoms with E-state index in [2.05, 4.69) is 12.2 Å². The van der Waals surface area contributed by atoms with Crippen LogP contribution in [-0.4, -0.2) is 25.6 Å². The highest BCUT2D eigenvalue weighted by Gasteiger charge is 2.07. The Bertz CT molecular complexity index is 466. The Labute approximate surface area is 144 Å². The van der Waals surface area contributed by atoms with Crippen molar-refractivity contribution in [3.8, 4) is 5.75 Å². The van der Waals surface area contributed by atoms with Crippen LogP contribution in [0.25, 0.3) is 0 Å². The van der Waals surface area contributed by atoms with Gasteiger partial charge in [0.2, 0.25) is 5.91 Å². The van der Waals surface area contributed by atoms with Gasteiger partial charge in [0.05, 0.1) is 11.4 Å². The molecule has 0 unspecified atom stereocenters. The fourth-order valence-corrected chi connectivity index (χ4v) is 2.58. The van der Waals surface area contributed by atoms with Crippen molar-refractivity contribution < 1.29 is 9.53 Å². The Morgan fingerprint density at radius 1 is 1.22 bits per heavy atom. The molecule has 0 fully saturated rings. The highest BCUT2D eigenvalue weighted by atomic mass is 35.5. The third kappa shape index (κ3) is 8.82. The molecular weight excluding hydrogens is 312 g/mol. The first-order chi connectivity index (χ1) is 11.2. The van der Waals surface area contributed by atoms with Crippen LogP contribution in [0.3, 0.4) is 0 Å². The fourth-order valence-electron chi connectivity index (χ4n) is 2.32. The van der Waals surface area contributed by atoms with Gasteiger partial charge < -0.3 is 15.8 Å². The Morgan fingerprint density at radius 3 is 2.65 bits per heavy atom. The van der Waals surface area contributed by atoms with Gasteiger partial charge in [0.25, 0.3) is 0 Å². The molecule has 1 rings (SSSR count). The monoisotopic (exact) mass is 340 g/mol. The summed E-state index contributed by atoms with van der Waals surface area (Å²) >= 11 is 6.14. The van der Waals surface area contributed by atoms with Crippen molar-refractivity contribution in [2.75, 3.05) is 19.7 Å². The molecule has 0 spiro atoms. The molecule has 0 heterocycles. The minimum absolute atomic E-state index is 0.0326. The first-order valence-corrected chi connectivity index (χ1v) is 8.93. The number of ether oxygens (including phenoxy) is 1. The lowest BCUT2D eigenvalue weighted by molar-refractivity contribution is -0.120. The summed E-state index contributed by atoms with van der Waals surface area (Å²) in [4.78, 5) is 11.9. The van der Waals surface area contributed by atoms with Gasteiger partial charge in [-0.25, -0.2) is 0 Å². The normalized spacial score (nSPS) is 10.6. The van der Waals surface area contributed by atoms with Crippen LogP contribution in [0.1, 0.15) is 51.0 Å². The van der Waals surface area contributed by atoms with Crippen LogP contribution in [0.2, 0.25) is 5.02 Å². The average Bonchev–Trinajstić information content (AvgIpc) is 2.53. The number of carbonyl (C=O) groups is 1. The highest BCUT2D eigenvalue weighted by Crippen LogP contribution is 2.25. The molecule has 23 heavy (non-hydrogen) atoms. The van der Waals surface area contributed by atoms with Crippen LogP contribution in [0, 0.1) is 0 Å². The molecule has 0 aliphatic carbocycles. The number of hydrogen-bond acceptors (Lipinski definition) is 3. The van der Waals surface area contributed by atoms with E-state index < -0.39 is 0 Å². The summed E-state index contributed by atoms with van der Waals surface area (Å²) in [6.07, 6.45) is 7.67. The van der Waals surface area contributed by atoms with E-state index in [1.54, 1.807) is 12.1 Å². The van der Waals surface area contributed by atoms with Gasteiger partial charge in [-0.05, 0) is 24.1 Å². The molecular formula is C18H29ClN2O2. The molecule has 0 aliphatic rings. The Balaban J connectivity index is 2.24. The zero-order chi connectivity index (χ0) is 16.9. The standard InChI is InChI=1S/C18H29ClN2O2/c1-2-3-4-5-6-7-11-21-18(22)14-15-8-9-17(16(19)13-15)23-12-10-20/h8-9,13H,2-7,10-12,14,20H2,1H3,(H,21,22). The summed E-state index contributed by atoms with van der Waals surface area (Å²) in [6.45, 7) is 3.83. The van der Waals surface area contributed by atoms with Crippen LogP contribution in [-0.2, 0) is 11.2 Å². The van der Waals surface area contributed by atoms with E-state index in [9.17, 15) is 4.79 Å². The lowest BCUT2D eigenvalue weighted by Crippen LogP contribution is -2.26. The predicted octanol–water partition coefficient (Wildman–Crippen LogP) is 3.70. The second-order valence-corrected chi connectivity index (χ2v) is 6.10. The van der Waals surface area contributed by atoms with Crippen LogP contribution in [0.5, 0.6) is 5.75 Å². The van der Waals surface area contributed by atoms with Crippen molar-refractivity contribution in [2.45, 2.75) is 51.9 Å². The van der Waals surface area contributed by atoms with Crippen molar-refractivity contribution >= 4 is 17.5 Å². The van der Waals surface area contributed by atoms with E-state index in [1.165, 1.54) is 32.1 Å². The third-order valence-corrected chi connectivity index (χ3v) is 3.88. The maximum atomic E-state index is 11.9. The number of halogens is 1. The summed E-state index contributed by atoms with van der Waals surface area (Å²) in [5.74, 6) is 0.638. The average molecular weight is 341 g/mol. The molecule has 1 amide bonds. The van der Waals surface area contributed by atoms with E-state index in [1.807, 2.05) is 6.07 Å². The summed E-state index contributed by atoms with van der Waals surface area (Å²) in [5.41, 5.74) is 6.28. The molecule has 130 valence electrons. The first kappa shape index (κ1) is 19.8. The molecule has 0 radical (unpaired) electrons. The Morgan fingerprint density at radius 2 is 1.96 bits per heavy atom. The van der Waals surface area contributed by atoms with E-state index in [-0.39, 0.29) is 5.91 Å². The van der Waals surface area contributed by atoms with Gasteiger partial charge in [-0.1, -0.05) is 56.7 Å². The molecule has 0 aliphatic heterocycles. The number of rotatable bonds is 12. The van der Waals surface area contributed by atoms with Crippen molar-refractivity contribution in [2.24, 2.45) is 5.73 Å². The van der Waals surface area contributed by atoms with E-state index >= 15 is 0 Å². The molecule has 1 aromatic carbocycles. The maximum Gasteiger partial charge on any atom is 0.224 e. The summed E-state index contributed by atoms with van der Waals surface area (Å²) in [5, 5.41) is 3.47. The minimum atomic E-state index is 0.0326. The molecule has 1 aromatic rings. The van der Waals surface area contributed by atoms with Crippen molar-refractivity contribution in [1.29, 1.82) is 0 Å². The number of nitrogens with two attached hydrogens (primary N) is 1. The number of nitrogens with one attached hydrogen (secondary N) is 1. The lowest BCUT2D eigenvalue weighted by Gasteiger charge is -2.09. The second-order valence-electron chi connectivity index (χ2n) is 5.70. The van der Waals surface area contributed by atoms with Gasteiger partial charge in [-0.3, -0.25) is 4.79 Å². The van der Waals surface area contributed by atoms with E-state index in [0.717, 1.165) is 18.5 Å². The molecule has 0 bridgehead atoms. The molecule has 5 heteroatoms. The number of hydrogen-bond donors (Lipinski definition) is 2. The molecule has 3 N–H and O–H groups in total. The van der Waals surface area contributed by atoms with Crippen molar-refractivity contribution in [3.05, 3.63) is 28.8 Å². The maximum absolute atomic E-state index is 11.9. The summed E-state index contributed by atoms with van der Waals surface area (Å²) < 4.78 is 5.41. The van der Waals surface area contributed by atoms with Gasteiger partial charge in [0.15, 0.2) is 0 Å². The summed E-state index contributed by atoms with van der Waals surface area (Å²) in [7, 11) is 0. The van der Waals surface area contributed by atoms with Gasteiger partial charge in [-0.2, -0.15) is 0 Å². The van der Waals surface area contributed by atoms with Crippen LogP contribution >= 0.6 is 11.6 Å². The van der Waals surface area contributed by atoms with Crippen LogP contribution in [0.4, 0.5) is 0 Å². The zero-order valence-corrected chi connectivity index (χ0v) is 14.8. The van der Waals surface area contributed by atoms with Gasteiger partial charge in [0.1, 0.15) is 12.4 Å². The lowest BCUT2D eigenvalue weighted by atomic mass is 10.1. The van der Waals surface area contributed by atoms with Gasteiger partial charge >= 0.3 is 0 Å². The smallest absolute Gasteiger partial charge is 0.224 e. The topological polar surface area (TPSA) is 64.3 Å². The molecule has 0 aromatic heterocycles. The fraction of sp³-hybridized carbons (Fsp3) is 0.611. The predicted molar refractivity (Wildman–Crippen MR) is 96.1 cm³/mol. The van der Waals surface area contributed by atoms with Gasteiger partial charge in [0, 0.05) is 13.1 Å².